The predicted octanol–water partition coefficient (Wildman–Crippen LogP) is 4.16. The molecular weight excluding hydrogens is 404 g/mol. The Morgan fingerprint density at radius 1 is 0.875 bits per heavy atom. The molecule has 1 N–H and O–H groups in total. The second kappa shape index (κ2) is 10.1. The topological polar surface area (TPSA) is 67.9 Å². The Morgan fingerprint density at radius 2 is 1.50 bits per heavy atom. The monoisotopic (exact) mass is 430 g/mol. The average Bonchev–Trinajstić information content (AvgIpc) is 2.85. The predicted molar refractivity (Wildman–Crippen MR) is 125 cm³/mol. The van der Waals surface area contributed by atoms with Gasteiger partial charge in [-0.15, -0.1) is 0 Å². The molecule has 164 valence electrons. The summed E-state index contributed by atoms with van der Waals surface area (Å²) < 4.78 is 11.1. The lowest BCUT2D eigenvalue weighted by Gasteiger charge is -2.29. The van der Waals surface area contributed by atoms with Gasteiger partial charge in [0.05, 0.1) is 13.2 Å². The number of carbonyl (C=O) groups excluding carboxylic acids is 2. The second-order valence-electron chi connectivity index (χ2n) is 7.62. The van der Waals surface area contributed by atoms with Gasteiger partial charge in [-0.2, -0.15) is 0 Å². The molecule has 0 saturated carbocycles. The van der Waals surface area contributed by atoms with E-state index in [9.17, 15) is 9.59 Å². The van der Waals surface area contributed by atoms with Crippen molar-refractivity contribution in [2.75, 3.05) is 36.5 Å². The molecule has 1 fully saturated rings. The van der Waals surface area contributed by atoms with Gasteiger partial charge in [-0.1, -0.05) is 30.3 Å². The number of rotatable bonds is 7. The number of benzene rings is 3. The molecule has 6 heteroatoms. The van der Waals surface area contributed by atoms with Gasteiger partial charge in [0, 0.05) is 35.6 Å². The standard InChI is InChI=1S/C26H26N2O4/c1-19(26(30)27-22-9-11-23(12-10-22)28-15-17-31-18-16-28)32-24-13-7-21(8-14-24)25(29)20-5-3-2-4-6-20/h2-14,19H,15-18H2,1H3,(H,27,30). The molecular formula is C26H26N2O4. The van der Waals surface area contributed by atoms with E-state index in [1.165, 1.54) is 0 Å². The molecule has 6 nitrogen and oxygen atoms in total. The summed E-state index contributed by atoms with van der Waals surface area (Å²) in [6.07, 6.45) is -0.690. The van der Waals surface area contributed by atoms with Gasteiger partial charge in [0.25, 0.3) is 5.91 Å². The van der Waals surface area contributed by atoms with Crippen LogP contribution in [0.15, 0.2) is 78.9 Å². The van der Waals surface area contributed by atoms with Crippen LogP contribution >= 0.6 is 0 Å². The first-order valence-electron chi connectivity index (χ1n) is 10.7. The minimum absolute atomic E-state index is 0.0523. The summed E-state index contributed by atoms with van der Waals surface area (Å²) >= 11 is 0. The number of ketones is 1. The summed E-state index contributed by atoms with van der Waals surface area (Å²) in [6.45, 7) is 4.89. The molecule has 0 aliphatic carbocycles. The van der Waals surface area contributed by atoms with Crippen molar-refractivity contribution in [3.63, 3.8) is 0 Å². The van der Waals surface area contributed by atoms with Gasteiger partial charge in [-0.25, -0.2) is 0 Å². The zero-order chi connectivity index (χ0) is 22.3. The van der Waals surface area contributed by atoms with Gasteiger partial charge in [0.1, 0.15) is 5.75 Å². The van der Waals surface area contributed by atoms with Crippen molar-refractivity contribution in [3.8, 4) is 5.75 Å². The Morgan fingerprint density at radius 3 is 2.16 bits per heavy atom. The lowest BCUT2D eigenvalue weighted by atomic mass is 10.0. The van der Waals surface area contributed by atoms with Crippen LogP contribution in [0.25, 0.3) is 0 Å². The summed E-state index contributed by atoms with van der Waals surface area (Å²) in [5.74, 6) is 0.233. The minimum Gasteiger partial charge on any atom is -0.481 e. The zero-order valence-corrected chi connectivity index (χ0v) is 18.0. The summed E-state index contributed by atoms with van der Waals surface area (Å²) in [4.78, 5) is 27.3. The van der Waals surface area contributed by atoms with Gasteiger partial charge < -0.3 is 19.7 Å². The Hall–Kier alpha value is -3.64. The highest BCUT2D eigenvalue weighted by molar-refractivity contribution is 6.09. The Balaban J connectivity index is 1.32. The molecule has 0 spiro atoms. The van der Waals surface area contributed by atoms with Crippen molar-refractivity contribution in [1.29, 1.82) is 0 Å². The highest BCUT2D eigenvalue weighted by atomic mass is 16.5. The first-order valence-corrected chi connectivity index (χ1v) is 10.7. The third-order valence-electron chi connectivity index (χ3n) is 5.35. The zero-order valence-electron chi connectivity index (χ0n) is 18.0. The Labute approximate surface area is 187 Å². The first kappa shape index (κ1) is 21.6. The lowest BCUT2D eigenvalue weighted by Crippen LogP contribution is -2.36. The molecule has 0 bridgehead atoms. The van der Waals surface area contributed by atoms with E-state index >= 15 is 0 Å². The van der Waals surface area contributed by atoms with Gasteiger partial charge >= 0.3 is 0 Å². The van der Waals surface area contributed by atoms with Crippen LogP contribution in [0, 0.1) is 0 Å². The molecule has 3 aromatic carbocycles. The molecule has 1 saturated heterocycles. The summed E-state index contributed by atoms with van der Waals surface area (Å²) in [5.41, 5.74) is 3.03. The van der Waals surface area contributed by atoms with E-state index in [4.69, 9.17) is 9.47 Å². The number of anilines is 2. The number of morpholine rings is 1. The maximum Gasteiger partial charge on any atom is 0.265 e. The number of nitrogens with zero attached hydrogens (tertiary/aromatic N) is 1. The van der Waals surface area contributed by atoms with E-state index in [1.807, 2.05) is 42.5 Å². The average molecular weight is 431 g/mol. The maximum atomic E-state index is 12.5. The molecule has 1 unspecified atom stereocenters. The molecule has 32 heavy (non-hydrogen) atoms. The van der Waals surface area contributed by atoms with E-state index in [0.717, 1.165) is 32.0 Å². The molecule has 3 aromatic rings. The van der Waals surface area contributed by atoms with Crippen molar-refractivity contribution >= 4 is 23.1 Å². The third-order valence-corrected chi connectivity index (χ3v) is 5.35. The second-order valence-corrected chi connectivity index (χ2v) is 7.62. The van der Waals surface area contributed by atoms with E-state index in [2.05, 4.69) is 10.2 Å². The van der Waals surface area contributed by atoms with Crippen LogP contribution in [0.4, 0.5) is 11.4 Å². The van der Waals surface area contributed by atoms with Crippen molar-refractivity contribution < 1.29 is 19.1 Å². The Kier molecular flexibility index (Phi) is 6.82. The smallest absolute Gasteiger partial charge is 0.265 e. The van der Waals surface area contributed by atoms with Gasteiger partial charge in [-0.3, -0.25) is 9.59 Å². The van der Waals surface area contributed by atoms with E-state index in [0.29, 0.717) is 22.6 Å². The quantitative estimate of drug-likeness (QED) is 0.570. The third kappa shape index (κ3) is 5.34. The van der Waals surface area contributed by atoms with Crippen molar-refractivity contribution in [1.82, 2.24) is 0 Å². The highest BCUT2D eigenvalue weighted by Crippen LogP contribution is 2.20. The van der Waals surface area contributed by atoms with Crippen molar-refractivity contribution in [3.05, 3.63) is 90.0 Å². The van der Waals surface area contributed by atoms with Crippen molar-refractivity contribution in [2.45, 2.75) is 13.0 Å². The molecule has 1 atom stereocenters. The van der Waals surface area contributed by atoms with Crippen LogP contribution in [0.1, 0.15) is 22.8 Å². The number of hydrogen-bond donors (Lipinski definition) is 1. The number of amides is 1. The fourth-order valence-electron chi connectivity index (χ4n) is 3.52. The van der Waals surface area contributed by atoms with Crippen LogP contribution in [0.3, 0.4) is 0 Å². The van der Waals surface area contributed by atoms with E-state index in [-0.39, 0.29) is 11.7 Å². The van der Waals surface area contributed by atoms with Crippen LogP contribution in [0.5, 0.6) is 5.75 Å². The summed E-state index contributed by atoms with van der Waals surface area (Å²) in [7, 11) is 0. The minimum atomic E-state index is -0.690. The largest absolute Gasteiger partial charge is 0.481 e. The number of hydrogen-bond acceptors (Lipinski definition) is 5. The molecule has 1 heterocycles. The van der Waals surface area contributed by atoms with E-state index < -0.39 is 6.10 Å². The number of nitrogens with one attached hydrogen (secondary N) is 1. The maximum absolute atomic E-state index is 12.5. The highest BCUT2D eigenvalue weighted by Gasteiger charge is 2.16. The number of ether oxygens (including phenoxy) is 2. The fraction of sp³-hybridized carbons (Fsp3) is 0.231. The lowest BCUT2D eigenvalue weighted by molar-refractivity contribution is -0.122. The first-order chi connectivity index (χ1) is 15.6. The normalized spacial score (nSPS) is 14.5. The molecule has 1 aliphatic rings. The van der Waals surface area contributed by atoms with Crippen LogP contribution < -0.4 is 15.0 Å². The van der Waals surface area contributed by atoms with Gasteiger partial charge in [-0.05, 0) is 55.5 Å². The Bertz CT molecular complexity index is 1040. The molecule has 0 radical (unpaired) electrons. The van der Waals surface area contributed by atoms with Crippen molar-refractivity contribution in [2.24, 2.45) is 0 Å². The summed E-state index contributed by atoms with van der Waals surface area (Å²) in [5, 5.41) is 2.88. The molecule has 0 aromatic heterocycles. The molecule has 1 aliphatic heterocycles. The van der Waals surface area contributed by atoms with E-state index in [1.54, 1.807) is 43.3 Å². The molecule has 4 rings (SSSR count). The van der Waals surface area contributed by atoms with Crippen LogP contribution in [-0.2, 0) is 9.53 Å². The molecule has 1 amide bonds. The SMILES string of the molecule is CC(Oc1ccc(C(=O)c2ccccc2)cc1)C(=O)Nc1ccc(N2CCOCC2)cc1. The summed E-state index contributed by atoms with van der Waals surface area (Å²) in [6, 6.07) is 23.7. The van der Waals surface area contributed by atoms with Crippen LogP contribution in [0.2, 0.25) is 0 Å². The van der Waals surface area contributed by atoms with Gasteiger partial charge in [0.2, 0.25) is 0 Å². The van der Waals surface area contributed by atoms with Crippen LogP contribution in [-0.4, -0.2) is 44.1 Å². The number of carbonyl (C=O) groups is 2. The fourth-order valence-corrected chi connectivity index (χ4v) is 3.52. The van der Waals surface area contributed by atoms with Gasteiger partial charge in [0.15, 0.2) is 11.9 Å².